The summed E-state index contributed by atoms with van der Waals surface area (Å²) in [4.78, 5) is 12.7. The number of alkyl halides is 1. The number of halogens is 1. The van der Waals surface area contributed by atoms with Crippen LogP contribution >= 0.6 is 11.6 Å². The van der Waals surface area contributed by atoms with E-state index < -0.39 is 11.3 Å². The molecule has 1 N–H and O–H groups in total. The van der Waals surface area contributed by atoms with E-state index in [9.17, 15) is 4.79 Å². The van der Waals surface area contributed by atoms with Crippen molar-refractivity contribution in [2.75, 3.05) is 19.6 Å². The minimum Gasteiger partial charge on any atom is -0.480 e. The number of hydrogen-bond donors (Lipinski definition) is 1. The first kappa shape index (κ1) is 12.8. The Morgan fingerprint density at radius 3 is 2.60 bits per heavy atom. The van der Waals surface area contributed by atoms with Gasteiger partial charge in [-0.1, -0.05) is 19.8 Å². The third kappa shape index (κ3) is 4.39. The predicted molar refractivity (Wildman–Crippen MR) is 61.3 cm³/mol. The molecule has 1 saturated heterocycles. The highest BCUT2D eigenvalue weighted by molar-refractivity contribution is 6.29. The van der Waals surface area contributed by atoms with Crippen LogP contribution in [-0.4, -0.2) is 41.0 Å². The van der Waals surface area contributed by atoms with Crippen molar-refractivity contribution in [1.29, 1.82) is 0 Å². The van der Waals surface area contributed by atoms with Gasteiger partial charge in [-0.2, -0.15) is 0 Å². The number of carboxylic acid groups (broad SMARTS) is 1. The summed E-state index contributed by atoms with van der Waals surface area (Å²) in [5.74, 6) is -0.0720. The van der Waals surface area contributed by atoms with E-state index in [4.69, 9.17) is 16.7 Å². The van der Waals surface area contributed by atoms with Gasteiger partial charge in [0, 0.05) is 6.54 Å². The van der Waals surface area contributed by atoms with E-state index in [2.05, 4.69) is 11.8 Å². The fourth-order valence-corrected chi connectivity index (χ4v) is 2.37. The molecule has 15 heavy (non-hydrogen) atoms. The molecule has 0 saturated carbocycles. The molecule has 0 aromatic carbocycles. The highest BCUT2D eigenvalue weighted by Gasteiger charge is 2.22. The highest BCUT2D eigenvalue weighted by Crippen LogP contribution is 2.22. The number of carbonyl (C=O) groups is 1. The van der Waals surface area contributed by atoms with Crippen LogP contribution in [0.25, 0.3) is 0 Å². The van der Waals surface area contributed by atoms with E-state index in [0.29, 0.717) is 6.54 Å². The number of likely N-dealkylation sites (tertiary alicyclic amines) is 1. The van der Waals surface area contributed by atoms with Gasteiger partial charge in [0.15, 0.2) is 0 Å². The monoisotopic (exact) mass is 233 g/mol. The van der Waals surface area contributed by atoms with Crippen molar-refractivity contribution in [3.63, 3.8) is 0 Å². The van der Waals surface area contributed by atoms with Crippen LogP contribution < -0.4 is 0 Å². The number of nitrogens with zero attached hydrogens (tertiary/aromatic N) is 1. The van der Waals surface area contributed by atoms with Crippen molar-refractivity contribution >= 4 is 17.6 Å². The van der Waals surface area contributed by atoms with Crippen molar-refractivity contribution in [2.24, 2.45) is 5.92 Å². The van der Waals surface area contributed by atoms with Gasteiger partial charge in [-0.15, -0.1) is 11.6 Å². The minimum absolute atomic E-state index is 0.482. The number of aliphatic carboxylic acids is 1. The first-order valence-corrected chi connectivity index (χ1v) is 6.16. The average molecular weight is 234 g/mol. The molecule has 0 aromatic heterocycles. The van der Waals surface area contributed by atoms with Crippen molar-refractivity contribution in [1.82, 2.24) is 4.90 Å². The zero-order chi connectivity index (χ0) is 11.3. The Hall–Kier alpha value is -0.280. The Bertz CT molecular complexity index is 203. The second-order valence-corrected chi connectivity index (χ2v) is 4.87. The molecule has 4 heteroatoms. The summed E-state index contributed by atoms with van der Waals surface area (Å²) < 4.78 is 0. The zero-order valence-electron chi connectivity index (χ0n) is 9.29. The Morgan fingerprint density at radius 2 is 2.13 bits per heavy atom. The second-order valence-electron chi connectivity index (χ2n) is 4.34. The maximum atomic E-state index is 10.6. The molecule has 0 aliphatic carbocycles. The molecular formula is C11H20ClNO2. The van der Waals surface area contributed by atoms with E-state index >= 15 is 0 Å². The largest absolute Gasteiger partial charge is 0.480 e. The maximum Gasteiger partial charge on any atom is 0.322 e. The molecule has 88 valence electrons. The molecule has 1 aliphatic heterocycles. The van der Waals surface area contributed by atoms with Gasteiger partial charge in [-0.3, -0.25) is 4.79 Å². The molecule has 1 atom stereocenters. The third-order valence-electron chi connectivity index (χ3n) is 3.09. The third-order valence-corrected chi connectivity index (χ3v) is 3.42. The van der Waals surface area contributed by atoms with Crippen molar-refractivity contribution in [3.8, 4) is 0 Å². The van der Waals surface area contributed by atoms with E-state index in [1.807, 2.05) is 0 Å². The summed E-state index contributed by atoms with van der Waals surface area (Å²) in [6.07, 6.45) is 4.93. The smallest absolute Gasteiger partial charge is 0.322 e. The van der Waals surface area contributed by atoms with E-state index in [0.717, 1.165) is 19.0 Å². The van der Waals surface area contributed by atoms with E-state index in [1.54, 1.807) is 0 Å². The topological polar surface area (TPSA) is 40.5 Å². The van der Waals surface area contributed by atoms with Gasteiger partial charge in [0.1, 0.15) is 5.38 Å². The molecule has 1 heterocycles. The van der Waals surface area contributed by atoms with Crippen LogP contribution in [-0.2, 0) is 4.79 Å². The standard InChI is InChI=1S/C11H20ClNO2/c1-2-3-9-4-6-13(7-5-9)8-10(12)11(14)15/h9-10H,2-8H2,1H3,(H,14,15). The zero-order valence-corrected chi connectivity index (χ0v) is 10.0. The maximum absolute atomic E-state index is 10.6. The van der Waals surface area contributed by atoms with Crippen molar-refractivity contribution < 1.29 is 9.90 Å². The van der Waals surface area contributed by atoms with Crippen LogP contribution in [0.15, 0.2) is 0 Å². The van der Waals surface area contributed by atoms with Gasteiger partial charge in [-0.05, 0) is 31.8 Å². The van der Waals surface area contributed by atoms with Gasteiger partial charge in [-0.25, -0.2) is 0 Å². The highest BCUT2D eigenvalue weighted by atomic mass is 35.5. The lowest BCUT2D eigenvalue weighted by molar-refractivity contribution is -0.137. The number of hydrogen-bond acceptors (Lipinski definition) is 2. The first-order chi connectivity index (χ1) is 7.13. The Morgan fingerprint density at radius 1 is 1.53 bits per heavy atom. The van der Waals surface area contributed by atoms with Crippen molar-refractivity contribution in [3.05, 3.63) is 0 Å². The number of rotatable bonds is 5. The molecule has 1 aliphatic rings. The molecule has 0 spiro atoms. The van der Waals surface area contributed by atoms with Crippen LogP contribution in [0.5, 0.6) is 0 Å². The van der Waals surface area contributed by atoms with Crippen LogP contribution in [0.4, 0.5) is 0 Å². The SMILES string of the molecule is CCCC1CCN(CC(Cl)C(=O)O)CC1. The minimum atomic E-state index is -0.910. The average Bonchev–Trinajstić information content (AvgIpc) is 2.21. The molecular weight excluding hydrogens is 214 g/mol. The molecule has 1 fully saturated rings. The normalized spacial score (nSPS) is 21.5. The molecule has 3 nitrogen and oxygen atoms in total. The van der Waals surface area contributed by atoms with E-state index in [-0.39, 0.29) is 0 Å². The quantitative estimate of drug-likeness (QED) is 0.741. The molecule has 0 bridgehead atoms. The lowest BCUT2D eigenvalue weighted by Crippen LogP contribution is -2.39. The van der Waals surface area contributed by atoms with Crippen LogP contribution in [0.1, 0.15) is 32.6 Å². The Labute approximate surface area is 96.4 Å². The van der Waals surface area contributed by atoms with Crippen LogP contribution in [0.2, 0.25) is 0 Å². The Kier molecular flexibility index (Phi) is 5.40. The fourth-order valence-electron chi connectivity index (χ4n) is 2.17. The van der Waals surface area contributed by atoms with Crippen LogP contribution in [0, 0.1) is 5.92 Å². The fraction of sp³-hybridized carbons (Fsp3) is 0.909. The van der Waals surface area contributed by atoms with Gasteiger partial charge in [0.2, 0.25) is 0 Å². The summed E-state index contributed by atoms with van der Waals surface area (Å²) in [7, 11) is 0. The summed E-state index contributed by atoms with van der Waals surface area (Å²) in [5.41, 5.74) is 0. The first-order valence-electron chi connectivity index (χ1n) is 5.72. The molecule has 1 unspecified atom stereocenters. The lowest BCUT2D eigenvalue weighted by Gasteiger charge is -2.32. The summed E-state index contributed by atoms with van der Waals surface area (Å²) in [6, 6.07) is 0. The van der Waals surface area contributed by atoms with Crippen LogP contribution in [0.3, 0.4) is 0 Å². The van der Waals surface area contributed by atoms with Gasteiger partial charge in [0.05, 0.1) is 0 Å². The molecule has 0 aromatic rings. The molecule has 0 radical (unpaired) electrons. The molecule has 0 amide bonds. The van der Waals surface area contributed by atoms with Crippen molar-refractivity contribution in [2.45, 2.75) is 38.0 Å². The summed E-state index contributed by atoms with van der Waals surface area (Å²) >= 11 is 5.71. The van der Waals surface area contributed by atoms with Gasteiger partial charge in [0.25, 0.3) is 0 Å². The predicted octanol–water partition coefficient (Wildman–Crippen LogP) is 2.19. The van der Waals surface area contributed by atoms with Gasteiger partial charge >= 0.3 is 5.97 Å². The molecule has 1 rings (SSSR count). The number of piperidine rings is 1. The number of carboxylic acids is 1. The summed E-state index contributed by atoms with van der Waals surface area (Å²) in [5, 5.41) is 7.93. The van der Waals surface area contributed by atoms with E-state index in [1.165, 1.54) is 25.7 Å². The summed E-state index contributed by atoms with van der Waals surface area (Å²) in [6.45, 7) is 4.70. The Balaban J connectivity index is 2.22. The van der Waals surface area contributed by atoms with Gasteiger partial charge < -0.3 is 10.0 Å². The second kappa shape index (κ2) is 6.33. The lowest BCUT2D eigenvalue weighted by atomic mass is 9.92.